The van der Waals surface area contributed by atoms with Crippen LogP contribution in [0.1, 0.15) is 41.2 Å². The number of aryl methyl sites for hydroxylation is 1. The fraction of sp³-hybridized carbons (Fsp3) is 0.615. The maximum atomic E-state index is 12.1. The minimum Gasteiger partial charge on any atom is -0.351 e. The third-order valence-electron chi connectivity index (χ3n) is 4.12. The van der Waals surface area contributed by atoms with Gasteiger partial charge >= 0.3 is 0 Å². The summed E-state index contributed by atoms with van der Waals surface area (Å²) in [5.41, 5.74) is 0.227. The standard InChI is InChI=1S/C13H20N2O3S2/c1-8(2)13(4-5-13)7-15-12(16)10-6-11(9(3)19-10)20(14,17)18/h6,8H,4-5,7H2,1-3H3,(H,15,16)(H2,14,17,18). The molecular weight excluding hydrogens is 296 g/mol. The number of rotatable bonds is 5. The first kappa shape index (κ1) is 15.5. The average molecular weight is 316 g/mol. The van der Waals surface area contributed by atoms with E-state index < -0.39 is 10.0 Å². The fourth-order valence-electron chi connectivity index (χ4n) is 2.32. The maximum absolute atomic E-state index is 12.1. The number of nitrogens with one attached hydrogen (secondary N) is 1. The Kier molecular flexibility index (Phi) is 3.96. The van der Waals surface area contributed by atoms with Crippen molar-refractivity contribution >= 4 is 27.3 Å². The van der Waals surface area contributed by atoms with Crippen LogP contribution in [0.25, 0.3) is 0 Å². The van der Waals surface area contributed by atoms with Gasteiger partial charge in [0.2, 0.25) is 10.0 Å². The molecule has 20 heavy (non-hydrogen) atoms. The van der Waals surface area contributed by atoms with Gasteiger partial charge in [-0.1, -0.05) is 13.8 Å². The summed E-state index contributed by atoms with van der Waals surface area (Å²) in [6, 6.07) is 1.36. The maximum Gasteiger partial charge on any atom is 0.261 e. The number of hydrogen-bond acceptors (Lipinski definition) is 4. The minimum absolute atomic E-state index is 0.0395. The Hall–Kier alpha value is -0.920. The van der Waals surface area contributed by atoms with Crippen LogP contribution in [-0.2, 0) is 10.0 Å². The second-order valence-corrected chi connectivity index (χ2v) is 8.56. The van der Waals surface area contributed by atoms with Crippen molar-refractivity contribution in [1.82, 2.24) is 5.32 Å². The van der Waals surface area contributed by atoms with Crippen molar-refractivity contribution in [3.63, 3.8) is 0 Å². The molecule has 0 atom stereocenters. The zero-order valence-corrected chi connectivity index (χ0v) is 13.5. The molecule has 1 aliphatic rings. The lowest BCUT2D eigenvalue weighted by atomic mass is 9.92. The fourth-order valence-corrected chi connectivity index (χ4v) is 4.38. The molecular formula is C13H20N2O3S2. The van der Waals surface area contributed by atoms with Crippen LogP contribution < -0.4 is 10.5 Å². The molecule has 2 rings (SSSR count). The van der Waals surface area contributed by atoms with Gasteiger partial charge in [0.05, 0.1) is 9.77 Å². The van der Waals surface area contributed by atoms with Crippen LogP contribution in [0, 0.1) is 18.3 Å². The van der Waals surface area contributed by atoms with Gasteiger partial charge in [0.25, 0.3) is 5.91 Å². The first-order valence-electron chi connectivity index (χ1n) is 6.57. The summed E-state index contributed by atoms with van der Waals surface area (Å²) in [6.45, 7) is 6.62. The third kappa shape index (κ3) is 3.05. The molecule has 0 unspecified atom stereocenters. The molecule has 0 radical (unpaired) electrons. The molecule has 0 spiro atoms. The monoisotopic (exact) mass is 316 g/mol. The second kappa shape index (κ2) is 5.13. The number of carbonyl (C=O) groups excluding carboxylic acids is 1. The molecule has 1 aromatic rings. The molecule has 1 saturated carbocycles. The van der Waals surface area contributed by atoms with Gasteiger partial charge in [0, 0.05) is 11.4 Å². The summed E-state index contributed by atoms with van der Waals surface area (Å²) in [5, 5.41) is 8.02. The Morgan fingerprint density at radius 1 is 1.50 bits per heavy atom. The van der Waals surface area contributed by atoms with Crippen LogP contribution in [-0.4, -0.2) is 20.9 Å². The molecule has 1 heterocycles. The molecule has 1 aliphatic carbocycles. The summed E-state index contributed by atoms with van der Waals surface area (Å²) < 4.78 is 22.7. The van der Waals surface area contributed by atoms with E-state index in [0.29, 0.717) is 22.2 Å². The summed E-state index contributed by atoms with van der Waals surface area (Å²) in [7, 11) is -3.76. The first-order valence-corrected chi connectivity index (χ1v) is 8.93. The Bertz CT molecular complexity index is 628. The first-order chi connectivity index (χ1) is 9.16. The highest BCUT2D eigenvalue weighted by Crippen LogP contribution is 2.51. The van der Waals surface area contributed by atoms with Crippen LogP contribution in [0.3, 0.4) is 0 Å². The van der Waals surface area contributed by atoms with Gasteiger partial charge in [-0.15, -0.1) is 11.3 Å². The van der Waals surface area contributed by atoms with E-state index >= 15 is 0 Å². The second-order valence-electron chi connectivity index (χ2n) is 5.78. The number of amides is 1. The SMILES string of the molecule is Cc1sc(C(=O)NCC2(C(C)C)CC2)cc1S(N)(=O)=O. The van der Waals surface area contributed by atoms with E-state index in [1.807, 2.05) is 0 Å². The van der Waals surface area contributed by atoms with Gasteiger partial charge < -0.3 is 5.32 Å². The summed E-state index contributed by atoms with van der Waals surface area (Å²) in [5.74, 6) is 0.313. The molecule has 1 amide bonds. The van der Waals surface area contributed by atoms with Gasteiger partial charge in [-0.3, -0.25) is 4.79 Å². The molecule has 1 aromatic heterocycles. The highest BCUT2D eigenvalue weighted by molar-refractivity contribution is 7.89. The van der Waals surface area contributed by atoms with E-state index in [1.165, 1.54) is 6.07 Å². The Balaban J connectivity index is 2.07. The molecule has 3 N–H and O–H groups in total. The number of nitrogens with two attached hydrogens (primary N) is 1. The molecule has 7 heteroatoms. The zero-order valence-electron chi connectivity index (χ0n) is 11.9. The quantitative estimate of drug-likeness (QED) is 0.869. The van der Waals surface area contributed by atoms with Crippen molar-refractivity contribution in [2.45, 2.75) is 38.5 Å². The normalized spacial score (nSPS) is 17.2. The summed E-state index contributed by atoms with van der Waals surface area (Å²) in [6.07, 6.45) is 2.27. The van der Waals surface area contributed by atoms with Crippen molar-refractivity contribution in [2.75, 3.05) is 6.54 Å². The average Bonchev–Trinajstić information content (AvgIpc) is 3.01. The molecule has 0 bridgehead atoms. The van der Waals surface area contributed by atoms with Crippen molar-refractivity contribution in [3.05, 3.63) is 15.8 Å². The lowest BCUT2D eigenvalue weighted by molar-refractivity contribution is 0.0943. The Morgan fingerprint density at radius 2 is 2.10 bits per heavy atom. The Morgan fingerprint density at radius 3 is 2.50 bits per heavy atom. The predicted octanol–water partition coefficient (Wildman–Crippen LogP) is 1.87. The van der Waals surface area contributed by atoms with Crippen molar-refractivity contribution < 1.29 is 13.2 Å². The van der Waals surface area contributed by atoms with E-state index in [0.717, 1.165) is 24.2 Å². The van der Waals surface area contributed by atoms with Crippen molar-refractivity contribution in [1.29, 1.82) is 0 Å². The topological polar surface area (TPSA) is 89.3 Å². The number of primary sulfonamides is 1. The number of hydrogen-bond donors (Lipinski definition) is 2. The molecule has 0 saturated heterocycles. The third-order valence-corrected chi connectivity index (χ3v) is 6.34. The smallest absolute Gasteiger partial charge is 0.261 e. The van der Waals surface area contributed by atoms with E-state index in [1.54, 1.807) is 6.92 Å². The van der Waals surface area contributed by atoms with Crippen molar-refractivity contribution in [3.8, 4) is 0 Å². The zero-order chi connectivity index (χ0) is 15.1. The van der Waals surface area contributed by atoms with E-state index in [4.69, 9.17) is 5.14 Å². The van der Waals surface area contributed by atoms with E-state index in [9.17, 15) is 13.2 Å². The lowest BCUT2D eigenvalue weighted by Crippen LogP contribution is -2.32. The lowest BCUT2D eigenvalue weighted by Gasteiger charge is -2.19. The predicted molar refractivity (Wildman–Crippen MR) is 79.3 cm³/mol. The van der Waals surface area contributed by atoms with Crippen LogP contribution in [0.5, 0.6) is 0 Å². The molecule has 1 fully saturated rings. The summed E-state index contributed by atoms with van der Waals surface area (Å²) >= 11 is 1.16. The van der Waals surface area contributed by atoms with E-state index in [-0.39, 0.29) is 16.2 Å². The van der Waals surface area contributed by atoms with E-state index in [2.05, 4.69) is 19.2 Å². The van der Waals surface area contributed by atoms with Crippen LogP contribution >= 0.6 is 11.3 Å². The van der Waals surface area contributed by atoms with Gasteiger partial charge in [0.1, 0.15) is 0 Å². The molecule has 0 aliphatic heterocycles. The Labute approximate surface area is 123 Å². The van der Waals surface area contributed by atoms with Gasteiger partial charge in [-0.2, -0.15) is 0 Å². The largest absolute Gasteiger partial charge is 0.351 e. The number of thiophene rings is 1. The minimum atomic E-state index is -3.76. The van der Waals surface area contributed by atoms with Gasteiger partial charge in [-0.25, -0.2) is 13.6 Å². The van der Waals surface area contributed by atoms with Crippen LogP contribution in [0.15, 0.2) is 11.0 Å². The van der Waals surface area contributed by atoms with Crippen LogP contribution in [0.2, 0.25) is 0 Å². The molecule has 5 nitrogen and oxygen atoms in total. The van der Waals surface area contributed by atoms with Crippen LogP contribution in [0.4, 0.5) is 0 Å². The highest BCUT2D eigenvalue weighted by Gasteiger charge is 2.45. The summed E-state index contributed by atoms with van der Waals surface area (Å²) in [4.78, 5) is 13.1. The van der Waals surface area contributed by atoms with Gasteiger partial charge in [-0.05, 0) is 37.2 Å². The number of carbonyl (C=O) groups is 1. The molecule has 112 valence electrons. The highest BCUT2D eigenvalue weighted by atomic mass is 32.2. The molecule has 0 aromatic carbocycles. The number of sulfonamides is 1. The van der Waals surface area contributed by atoms with Gasteiger partial charge in [0.15, 0.2) is 0 Å². The van der Waals surface area contributed by atoms with Crippen molar-refractivity contribution in [2.24, 2.45) is 16.5 Å².